The van der Waals surface area contributed by atoms with Crippen LogP contribution < -0.4 is 5.32 Å². The van der Waals surface area contributed by atoms with Crippen LogP contribution in [0.15, 0.2) is 16.6 Å². The number of benzene rings is 1. The molecular weight excluding hydrogens is 357 g/mol. The topological polar surface area (TPSA) is 46.2 Å². The van der Waals surface area contributed by atoms with Gasteiger partial charge in [0.25, 0.3) is 0 Å². The summed E-state index contributed by atoms with van der Waals surface area (Å²) >= 11 is 9.09. The van der Waals surface area contributed by atoms with Crippen molar-refractivity contribution in [2.24, 2.45) is 0 Å². The highest BCUT2D eigenvalue weighted by Crippen LogP contribution is 2.31. The van der Waals surface area contributed by atoms with Gasteiger partial charge in [0, 0.05) is 16.3 Å². The fourth-order valence-electron chi connectivity index (χ4n) is 1.77. The van der Waals surface area contributed by atoms with Crippen LogP contribution in [0.5, 0.6) is 0 Å². The molecule has 0 aliphatic heterocycles. The number of hydrogen-bond acceptors (Lipinski definition) is 3. The first kappa shape index (κ1) is 16.9. The van der Waals surface area contributed by atoms with E-state index in [4.69, 9.17) is 11.6 Å². The van der Waals surface area contributed by atoms with Crippen LogP contribution in [-0.2, 0) is 9.84 Å². The van der Waals surface area contributed by atoms with E-state index in [0.29, 0.717) is 16.0 Å². The zero-order valence-electron chi connectivity index (χ0n) is 10.9. The van der Waals surface area contributed by atoms with E-state index in [-0.39, 0.29) is 5.56 Å². The fraction of sp³-hybridized carbons (Fsp3) is 0.500. The fourth-order valence-corrected chi connectivity index (χ4v) is 3.00. The van der Waals surface area contributed by atoms with Crippen molar-refractivity contribution in [2.45, 2.75) is 25.1 Å². The molecule has 2 atom stereocenters. The molecular formula is C12H16BrClFNO2S. The highest BCUT2D eigenvalue weighted by atomic mass is 79.9. The quantitative estimate of drug-likeness (QED) is 0.807. The minimum Gasteiger partial charge on any atom is -0.309 e. The summed E-state index contributed by atoms with van der Waals surface area (Å²) in [6.07, 6.45) is 1.14. The lowest BCUT2D eigenvalue weighted by atomic mass is 10.0. The van der Waals surface area contributed by atoms with E-state index in [9.17, 15) is 12.8 Å². The first-order chi connectivity index (χ1) is 8.68. The van der Waals surface area contributed by atoms with Gasteiger partial charge in [-0.1, -0.05) is 18.5 Å². The molecule has 0 amide bonds. The monoisotopic (exact) mass is 371 g/mol. The summed E-state index contributed by atoms with van der Waals surface area (Å²) in [7, 11) is -3.30. The Morgan fingerprint density at radius 2 is 2.05 bits per heavy atom. The first-order valence-electron chi connectivity index (χ1n) is 5.75. The Balaban J connectivity index is 3.31. The molecule has 0 aromatic heterocycles. The molecule has 0 saturated carbocycles. The van der Waals surface area contributed by atoms with Crippen LogP contribution in [0.3, 0.4) is 0 Å². The predicted octanol–water partition coefficient (Wildman–Crippen LogP) is 3.33. The Bertz CT molecular complexity index is 565. The number of nitrogens with one attached hydrogen (secondary N) is 1. The summed E-state index contributed by atoms with van der Waals surface area (Å²) in [5, 5.41) is 2.60. The molecule has 0 aliphatic carbocycles. The van der Waals surface area contributed by atoms with Crippen LogP contribution in [0.25, 0.3) is 0 Å². The largest absolute Gasteiger partial charge is 0.309 e. The minimum atomic E-state index is -3.30. The van der Waals surface area contributed by atoms with E-state index in [1.807, 2.05) is 6.92 Å². The first-order valence-corrected chi connectivity index (χ1v) is 8.87. The maximum absolute atomic E-state index is 14.0. The van der Waals surface area contributed by atoms with E-state index < -0.39 is 26.9 Å². The molecule has 0 saturated heterocycles. The lowest BCUT2D eigenvalue weighted by Crippen LogP contribution is -2.35. The number of sulfone groups is 1. The average molecular weight is 373 g/mol. The molecule has 0 spiro atoms. The van der Waals surface area contributed by atoms with Crippen LogP contribution in [0.2, 0.25) is 5.02 Å². The van der Waals surface area contributed by atoms with Crippen molar-refractivity contribution in [1.29, 1.82) is 0 Å². The van der Waals surface area contributed by atoms with Gasteiger partial charge in [-0.05, 0) is 41.5 Å². The Hall–Kier alpha value is -0.170. The van der Waals surface area contributed by atoms with Crippen LogP contribution >= 0.6 is 27.5 Å². The number of hydrogen-bond donors (Lipinski definition) is 1. The summed E-state index contributed by atoms with van der Waals surface area (Å²) in [5.74, 6) is -0.488. The van der Waals surface area contributed by atoms with Crippen LogP contribution in [0.1, 0.15) is 25.5 Å². The van der Waals surface area contributed by atoms with Gasteiger partial charge in [0.2, 0.25) is 0 Å². The van der Waals surface area contributed by atoms with Gasteiger partial charge in [-0.2, -0.15) is 0 Å². The van der Waals surface area contributed by atoms with Crippen molar-refractivity contribution in [3.8, 4) is 0 Å². The van der Waals surface area contributed by atoms with Gasteiger partial charge < -0.3 is 5.32 Å². The predicted molar refractivity (Wildman–Crippen MR) is 79.8 cm³/mol. The third-order valence-corrected chi connectivity index (χ3v) is 5.76. The molecule has 2 unspecified atom stereocenters. The molecule has 19 heavy (non-hydrogen) atoms. The van der Waals surface area contributed by atoms with Gasteiger partial charge in [-0.25, -0.2) is 12.8 Å². The number of halogens is 3. The maximum atomic E-state index is 14.0. The molecule has 1 aromatic carbocycles. The van der Waals surface area contributed by atoms with Crippen molar-refractivity contribution in [1.82, 2.24) is 5.32 Å². The van der Waals surface area contributed by atoms with Gasteiger partial charge in [0.05, 0.1) is 16.3 Å². The second-order valence-electron chi connectivity index (χ2n) is 4.36. The van der Waals surface area contributed by atoms with Crippen molar-refractivity contribution in [3.05, 3.63) is 33.0 Å². The Labute approximate surface area is 126 Å². The molecule has 7 heteroatoms. The Morgan fingerprint density at radius 1 is 1.47 bits per heavy atom. The lowest BCUT2D eigenvalue weighted by molar-refractivity contribution is 0.488. The molecule has 0 heterocycles. The van der Waals surface area contributed by atoms with Gasteiger partial charge in [0.15, 0.2) is 9.84 Å². The van der Waals surface area contributed by atoms with Crippen LogP contribution in [0.4, 0.5) is 4.39 Å². The maximum Gasteiger partial charge on any atom is 0.151 e. The van der Waals surface area contributed by atoms with Gasteiger partial charge >= 0.3 is 0 Å². The van der Waals surface area contributed by atoms with E-state index in [1.165, 1.54) is 12.1 Å². The third-order valence-electron chi connectivity index (χ3n) is 2.94. The van der Waals surface area contributed by atoms with Crippen molar-refractivity contribution in [3.63, 3.8) is 0 Å². The van der Waals surface area contributed by atoms with Crippen LogP contribution in [-0.4, -0.2) is 26.5 Å². The highest BCUT2D eigenvalue weighted by molar-refractivity contribution is 9.10. The molecule has 108 valence electrons. The molecule has 0 fully saturated rings. The molecule has 1 rings (SSSR count). The Kier molecular flexibility index (Phi) is 5.79. The normalized spacial score (nSPS) is 15.3. The molecule has 0 bridgehead atoms. The van der Waals surface area contributed by atoms with E-state index in [0.717, 1.165) is 6.26 Å². The zero-order valence-corrected chi connectivity index (χ0v) is 14.0. The second-order valence-corrected chi connectivity index (χ2v) is 8.02. The van der Waals surface area contributed by atoms with Gasteiger partial charge in [-0.15, -0.1) is 0 Å². The van der Waals surface area contributed by atoms with Crippen molar-refractivity contribution < 1.29 is 12.8 Å². The molecule has 1 aromatic rings. The van der Waals surface area contributed by atoms with Gasteiger partial charge in [0.1, 0.15) is 5.82 Å². The van der Waals surface area contributed by atoms with Crippen LogP contribution in [0, 0.1) is 5.82 Å². The van der Waals surface area contributed by atoms with E-state index in [1.54, 1.807) is 6.92 Å². The lowest BCUT2D eigenvalue weighted by Gasteiger charge is -2.24. The van der Waals surface area contributed by atoms with E-state index in [2.05, 4.69) is 21.2 Å². The zero-order chi connectivity index (χ0) is 14.8. The third kappa shape index (κ3) is 4.15. The standard InChI is InChI=1S/C12H16BrClFNO2S/c1-4-16-12(7(2)19(3,17)18)8-5-10(14)9(13)6-11(8)15/h5-7,12,16H,4H2,1-3H3. The molecule has 3 nitrogen and oxygen atoms in total. The van der Waals surface area contributed by atoms with Crippen molar-refractivity contribution in [2.75, 3.05) is 12.8 Å². The second kappa shape index (κ2) is 6.52. The summed E-state index contributed by atoms with van der Waals surface area (Å²) in [6, 6.07) is 2.07. The smallest absolute Gasteiger partial charge is 0.151 e. The summed E-state index contributed by atoms with van der Waals surface area (Å²) < 4.78 is 37.8. The minimum absolute atomic E-state index is 0.257. The summed E-state index contributed by atoms with van der Waals surface area (Å²) in [4.78, 5) is 0. The SMILES string of the molecule is CCNC(c1cc(Cl)c(Br)cc1F)C(C)S(C)(=O)=O. The average Bonchev–Trinajstić information content (AvgIpc) is 2.29. The molecule has 1 N–H and O–H groups in total. The molecule has 0 aliphatic rings. The van der Waals surface area contributed by atoms with Crippen molar-refractivity contribution >= 4 is 37.4 Å². The molecule has 0 radical (unpaired) electrons. The Morgan fingerprint density at radius 3 is 2.53 bits per heavy atom. The summed E-state index contributed by atoms with van der Waals surface area (Å²) in [5.41, 5.74) is 0.257. The number of rotatable bonds is 5. The van der Waals surface area contributed by atoms with Gasteiger partial charge in [-0.3, -0.25) is 0 Å². The van der Waals surface area contributed by atoms with E-state index >= 15 is 0 Å². The highest BCUT2D eigenvalue weighted by Gasteiger charge is 2.29. The summed E-state index contributed by atoms with van der Waals surface area (Å²) in [6.45, 7) is 3.91.